The van der Waals surface area contributed by atoms with Crippen molar-refractivity contribution in [3.63, 3.8) is 0 Å². The van der Waals surface area contributed by atoms with Crippen LogP contribution in [-0.4, -0.2) is 32.5 Å². The summed E-state index contributed by atoms with van der Waals surface area (Å²) < 4.78 is 50.8. The van der Waals surface area contributed by atoms with Gasteiger partial charge >= 0.3 is 0 Å². The van der Waals surface area contributed by atoms with Gasteiger partial charge in [0.15, 0.2) is 12.3 Å². The fraction of sp³-hybridized carbons (Fsp3) is 1.00. The smallest absolute Gasteiger partial charge is 0.272 e. The third-order valence-electron chi connectivity index (χ3n) is 0.912. The lowest BCUT2D eigenvalue weighted by atomic mass is 10.3. The van der Waals surface area contributed by atoms with E-state index in [9.17, 15) is 17.6 Å². The zero-order valence-corrected chi connectivity index (χ0v) is 5.36. The molecule has 0 spiro atoms. The molecule has 10 heavy (non-hydrogen) atoms. The molecule has 0 rings (SSSR count). The van der Waals surface area contributed by atoms with E-state index in [2.05, 4.69) is 4.74 Å². The number of hydrogen-bond acceptors (Lipinski definition) is 1. The molecule has 0 saturated carbocycles. The maximum absolute atomic E-state index is 12.1. The maximum atomic E-state index is 12.1. The van der Waals surface area contributed by atoms with E-state index in [0.29, 0.717) is 0 Å². The highest BCUT2D eigenvalue weighted by Crippen LogP contribution is 2.12. The Morgan fingerprint density at radius 1 is 1.20 bits per heavy atom. The molecule has 0 aliphatic rings. The third-order valence-corrected chi connectivity index (χ3v) is 0.912. The molecule has 0 aliphatic carbocycles. The quantitative estimate of drug-likeness (QED) is 0.567. The second-order valence-corrected chi connectivity index (χ2v) is 1.75. The average Bonchev–Trinajstić information content (AvgIpc) is 1.87. The Bertz CT molecular complexity index is 87.7. The van der Waals surface area contributed by atoms with Crippen LogP contribution in [0.2, 0.25) is 0 Å². The van der Waals surface area contributed by atoms with Gasteiger partial charge in [-0.25, -0.2) is 17.6 Å². The molecule has 5 heteroatoms. The Labute approximate surface area is 56.0 Å². The van der Waals surface area contributed by atoms with E-state index in [1.54, 1.807) is 0 Å². The summed E-state index contributed by atoms with van der Waals surface area (Å²) in [7, 11) is 1.12. The minimum atomic E-state index is -3.27. The lowest BCUT2D eigenvalue weighted by Gasteiger charge is -2.10. The summed E-state index contributed by atoms with van der Waals surface area (Å²) in [5.74, 6) is 0. The van der Waals surface area contributed by atoms with Gasteiger partial charge in [-0.2, -0.15) is 0 Å². The van der Waals surface area contributed by atoms with Crippen LogP contribution < -0.4 is 0 Å². The molecule has 2 atom stereocenters. The van der Waals surface area contributed by atoms with E-state index in [1.165, 1.54) is 0 Å². The maximum Gasteiger partial charge on any atom is 0.272 e. The van der Waals surface area contributed by atoms with Crippen molar-refractivity contribution in [3.05, 3.63) is 0 Å². The summed E-state index contributed by atoms with van der Waals surface area (Å²) in [5.41, 5.74) is 0. The lowest BCUT2D eigenvalue weighted by Crippen LogP contribution is -2.28. The molecule has 0 aromatic carbocycles. The number of ether oxygens (including phenoxy) is 1. The highest BCUT2D eigenvalue weighted by molar-refractivity contribution is 4.69. The Balaban J connectivity index is 3.58. The molecule has 1 nitrogen and oxygen atoms in total. The SMILES string of the molecule is COCC(F)C(F)C(F)F. The van der Waals surface area contributed by atoms with Gasteiger partial charge < -0.3 is 4.74 Å². The van der Waals surface area contributed by atoms with E-state index in [-0.39, 0.29) is 0 Å². The van der Waals surface area contributed by atoms with E-state index in [4.69, 9.17) is 0 Å². The number of rotatable bonds is 4. The summed E-state index contributed by atoms with van der Waals surface area (Å²) in [4.78, 5) is 0. The molecule has 0 aliphatic heterocycles. The summed E-state index contributed by atoms with van der Waals surface area (Å²) in [5, 5.41) is 0. The minimum absolute atomic E-state index is 0.633. The minimum Gasteiger partial charge on any atom is -0.382 e. The highest BCUT2D eigenvalue weighted by atomic mass is 19.3. The van der Waals surface area contributed by atoms with E-state index in [0.717, 1.165) is 7.11 Å². The molecule has 2 unspecified atom stereocenters. The van der Waals surface area contributed by atoms with Crippen LogP contribution in [0.15, 0.2) is 0 Å². The van der Waals surface area contributed by atoms with Crippen molar-refractivity contribution in [1.82, 2.24) is 0 Å². The molecule has 0 N–H and O–H groups in total. The third kappa shape index (κ3) is 3.00. The zero-order chi connectivity index (χ0) is 8.15. The summed E-state index contributed by atoms with van der Waals surface area (Å²) in [6.07, 6.45) is -8.24. The zero-order valence-electron chi connectivity index (χ0n) is 5.36. The van der Waals surface area contributed by atoms with Crippen molar-refractivity contribution in [3.8, 4) is 0 Å². The first-order chi connectivity index (χ1) is 4.59. The first-order valence-electron chi connectivity index (χ1n) is 2.64. The van der Waals surface area contributed by atoms with Crippen LogP contribution in [0, 0.1) is 0 Å². The number of methoxy groups -OCH3 is 1. The first-order valence-corrected chi connectivity index (χ1v) is 2.64. The van der Waals surface area contributed by atoms with Crippen LogP contribution >= 0.6 is 0 Å². The molecule has 0 aromatic heterocycles. The van der Waals surface area contributed by atoms with Crippen molar-refractivity contribution in [2.45, 2.75) is 18.8 Å². The summed E-state index contributed by atoms with van der Waals surface area (Å²) in [6, 6.07) is 0. The topological polar surface area (TPSA) is 9.23 Å². The highest BCUT2D eigenvalue weighted by Gasteiger charge is 2.29. The van der Waals surface area contributed by atoms with Crippen LogP contribution in [0.4, 0.5) is 17.6 Å². The van der Waals surface area contributed by atoms with E-state index in [1.807, 2.05) is 0 Å². The van der Waals surface area contributed by atoms with Gasteiger partial charge in [-0.05, 0) is 0 Å². The average molecular weight is 160 g/mol. The monoisotopic (exact) mass is 160 g/mol. The van der Waals surface area contributed by atoms with Gasteiger partial charge in [0.2, 0.25) is 0 Å². The molecule has 0 fully saturated rings. The molecule has 62 valence electrons. The Kier molecular flexibility index (Phi) is 4.34. The predicted molar refractivity (Wildman–Crippen MR) is 27.7 cm³/mol. The van der Waals surface area contributed by atoms with E-state index >= 15 is 0 Å². The second-order valence-electron chi connectivity index (χ2n) is 1.75. The van der Waals surface area contributed by atoms with Crippen molar-refractivity contribution in [2.24, 2.45) is 0 Å². The van der Waals surface area contributed by atoms with Gasteiger partial charge in [0.1, 0.15) is 0 Å². The van der Waals surface area contributed by atoms with Gasteiger partial charge in [-0.1, -0.05) is 0 Å². The van der Waals surface area contributed by atoms with Gasteiger partial charge in [0.05, 0.1) is 6.61 Å². The summed E-state index contributed by atoms with van der Waals surface area (Å²) >= 11 is 0. The molecule has 0 saturated heterocycles. The van der Waals surface area contributed by atoms with Crippen molar-refractivity contribution in [2.75, 3.05) is 13.7 Å². The van der Waals surface area contributed by atoms with Gasteiger partial charge in [-0.15, -0.1) is 0 Å². The molecular weight excluding hydrogens is 152 g/mol. The Hall–Kier alpha value is -0.320. The number of hydrogen-bond donors (Lipinski definition) is 0. The molecule has 0 amide bonds. The first kappa shape index (κ1) is 9.68. The molecule has 0 radical (unpaired) electrons. The fourth-order valence-corrected chi connectivity index (χ4v) is 0.409. The van der Waals surface area contributed by atoms with Crippen molar-refractivity contribution < 1.29 is 22.3 Å². The molecule has 0 aromatic rings. The van der Waals surface area contributed by atoms with Crippen LogP contribution in [0.5, 0.6) is 0 Å². The van der Waals surface area contributed by atoms with Gasteiger partial charge in [-0.3, -0.25) is 0 Å². The van der Waals surface area contributed by atoms with Gasteiger partial charge in [0, 0.05) is 7.11 Å². The largest absolute Gasteiger partial charge is 0.382 e. The second kappa shape index (κ2) is 4.49. The predicted octanol–water partition coefficient (Wildman–Crippen LogP) is 1.57. The number of halogens is 4. The summed E-state index contributed by atoms with van der Waals surface area (Å²) in [6.45, 7) is -0.633. The standard InChI is InChI=1S/C5H8F4O/c1-10-2-3(6)4(7)5(8)9/h3-5H,2H2,1H3. The fourth-order valence-electron chi connectivity index (χ4n) is 0.409. The molecular formula is C5H8F4O. The van der Waals surface area contributed by atoms with Crippen LogP contribution in [-0.2, 0) is 4.74 Å². The normalized spacial score (nSPS) is 17.4. The van der Waals surface area contributed by atoms with Crippen molar-refractivity contribution in [1.29, 1.82) is 0 Å². The molecule has 0 bridgehead atoms. The Morgan fingerprint density at radius 2 is 1.70 bits per heavy atom. The van der Waals surface area contributed by atoms with Crippen molar-refractivity contribution >= 4 is 0 Å². The van der Waals surface area contributed by atoms with Crippen LogP contribution in [0.3, 0.4) is 0 Å². The van der Waals surface area contributed by atoms with E-state index < -0.39 is 25.4 Å². The van der Waals surface area contributed by atoms with Crippen LogP contribution in [0.25, 0.3) is 0 Å². The van der Waals surface area contributed by atoms with Crippen LogP contribution in [0.1, 0.15) is 0 Å². The van der Waals surface area contributed by atoms with Gasteiger partial charge in [0.25, 0.3) is 6.43 Å². The Morgan fingerprint density at radius 3 is 2.00 bits per heavy atom. The number of alkyl halides is 4. The molecule has 0 heterocycles. The lowest BCUT2D eigenvalue weighted by molar-refractivity contribution is -0.0214.